The molecule has 0 atom stereocenters. The van der Waals surface area contributed by atoms with E-state index in [0.717, 1.165) is 10.9 Å². The van der Waals surface area contributed by atoms with Gasteiger partial charge in [0, 0.05) is 5.02 Å². The van der Waals surface area contributed by atoms with Gasteiger partial charge >= 0.3 is 0 Å². The molecule has 1 aromatic heterocycles. The van der Waals surface area contributed by atoms with E-state index in [4.69, 9.17) is 16.3 Å². The van der Waals surface area contributed by atoms with E-state index in [1.165, 1.54) is 0 Å². The fourth-order valence-electron chi connectivity index (χ4n) is 2.52. The highest BCUT2D eigenvalue weighted by molar-refractivity contribution is 6.30. The van der Waals surface area contributed by atoms with Gasteiger partial charge in [0.2, 0.25) is 5.88 Å². The third kappa shape index (κ3) is 3.12. The number of hydrogen-bond donors (Lipinski definition) is 1. The molecule has 0 unspecified atom stereocenters. The van der Waals surface area contributed by atoms with E-state index in [1.807, 2.05) is 30.3 Å². The lowest BCUT2D eigenvalue weighted by atomic mass is 10.1. The predicted molar refractivity (Wildman–Crippen MR) is 98.2 cm³/mol. The van der Waals surface area contributed by atoms with Crippen molar-refractivity contribution in [3.05, 3.63) is 77.8 Å². The van der Waals surface area contributed by atoms with E-state index < -0.39 is 0 Å². The smallest absolute Gasteiger partial charge is 0.230 e. The normalized spacial score (nSPS) is 10.8. The molecule has 0 saturated heterocycles. The number of aromatic nitrogens is 2. The van der Waals surface area contributed by atoms with Crippen LogP contribution >= 0.6 is 11.6 Å². The summed E-state index contributed by atoms with van der Waals surface area (Å²) in [4.78, 5) is 9.07. The fraction of sp³-hybridized carbons (Fsp3) is 0. The SMILES string of the molecule is Oc1ccccc1-c1nc(Oc2ccc(Cl)cc2)c2ccccc2n1. The van der Waals surface area contributed by atoms with Crippen molar-refractivity contribution >= 4 is 22.5 Å². The number of ether oxygens (including phenoxy) is 1. The first kappa shape index (κ1) is 15.4. The van der Waals surface area contributed by atoms with Crippen LogP contribution in [-0.4, -0.2) is 15.1 Å². The van der Waals surface area contributed by atoms with Crippen LogP contribution in [0.1, 0.15) is 0 Å². The second-order valence-electron chi connectivity index (χ2n) is 5.44. The van der Waals surface area contributed by atoms with Gasteiger partial charge in [0.05, 0.1) is 16.5 Å². The lowest BCUT2D eigenvalue weighted by Gasteiger charge is -2.11. The van der Waals surface area contributed by atoms with Crippen LogP contribution in [0, 0.1) is 0 Å². The van der Waals surface area contributed by atoms with Gasteiger partial charge in [-0.25, -0.2) is 4.98 Å². The monoisotopic (exact) mass is 348 g/mol. The molecule has 122 valence electrons. The van der Waals surface area contributed by atoms with Gasteiger partial charge in [-0.05, 0) is 48.5 Å². The Bertz CT molecular complexity index is 1050. The van der Waals surface area contributed by atoms with Gasteiger partial charge in [0.25, 0.3) is 0 Å². The number of fused-ring (bicyclic) bond motifs is 1. The molecule has 0 aliphatic carbocycles. The van der Waals surface area contributed by atoms with Gasteiger partial charge in [-0.1, -0.05) is 35.9 Å². The molecule has 0 spiro atoms. The maximum atomic E-state index is 10.1. The molecule has 5 heteroatoms. The summed E-state index contributed by atoms with van der Waals surface area (Å²) in [5.74, 6) is 1.57. The number of aromatic hydroxyl groups is 1. The molecule has 1 heterocycles. The summed E-state index contributed by atoms with van der Waals surface area (Å²) in [6.45, 7) is 0. The summed E-state index contributed by atoms with van der Waals surface area (Å²) < 4.78 is 5.96. The first-order valence-electron chi connectivity index (χ1n) is 7.69. The van der Waals surface area contributed by atoms with Gasteiger partial charge in [-0.3, -0.25) is 0 Å². The number of hydrogen-bond acceptors (Lipinski definition) is 4. The van der Waals surface area contributed by atoms with Gasteiger partial charge in [0.1, 0.15) is 11.5 Å². The lowest BCUT2D eigenvalue weighted by Crippen LogP contribution is -1.96. The molecule has 4 aromatic rings. The summed E-state index contributed by atoms with van der Waals surface area (Å²) in [5.41, 5.74) is 1.29. The van der Waals surface area contributed by atoms with Crippen molar-refractivity contribution in [2.45, 2.75) is 0 Å². The second-order valence-corrected chi connectivity index (χ2v) is 5.88. The second kappa shape index (κ2) is 6.42. The highest BCUT2D eigenvalue weighted by Gasteiger charge is 2.13. The van der Waals surface area contributed by atoms with Crippen molar-refractivity contribution < 1.29 is 9.84 Å². The molecule has 4 rings (SSSR count). The lowest BCUT2D eigenvalue weighted by molar-refractivity contribution is 0.467. The molecular formula is C20H13ClN2O2. The average molecular weight is 349 g/mol. The number of phenolic OH excluding ortho intramolecular Hbond substituents is 1. The number of para-hydroxylation sites is 2. The maximum absolute atomic E-state index is 10.1. The van der Waals surface area contributed by atoms with Gasteiger partial charge < -0.3 is 9.84 Å². The minimum atomic E-state index is 0.121. The molecule has 0 aliphatic heterocycles. The van der Waals surface area contributed by atoms with Gasteiger partial charge in [-0.2, -0.15) is 4.98 Å². The van der Waals surface area contributed by atoms with Crippen LogP contribution in [0.5, 0.6) is 17.4 Å². The Labute approximate surface area is 149 Å². The molecule has 0 aliphatic rings. The zero-order valence-corrected chi connectivity index (χ0v) is 13.8. The van der Waals surface area contributed by atoms with Crippen LogP contribution in [-0.2, 0) is 0 Å². The number of rotatable bonds is 3. The Morgan fingerprint density at radius 2 is 1.52 bits per heavy atom. The Kier molecular flexibility index (Phi) is 3.96. The highest BCUT2D eigenvalue weighted by atomic mass is 35.5. The van der Waals surface area contributed by atoms with Crippen LogP contribution in [0.3, 0.4) is 0 Å². The quantitative estimate of drug-likeness (QED) is 0.535. The standard InChI is InChI=1S/C20H13ClN2O2/c21-13-9-11-14(12-10-13)25-20-15-5-1-3-7-17(15)22-19(23-20)16-6-2-4-8-18(16)24/h1-12,24H. The van der Waals surface area contributed by atoms with E-state index in [9.17, 15) is 5.11 Å². The van der Waals surface area contributed by atoms with Crippen molar-refractivity contribution in [2.75, 3.05) is 0 Å². The van der Waals surface area contributed by atoms with Gasteiger partial charge in [0.15, 0.2) is 5.82 Å². The van der Waals surface area contributed by atoms with E-state index in [2.05, 4.69) is 9.97 Å². The summed E-state index contributed by atoms with van der Waals surface area (Å²) in [7, 11) is 0. The summed E-state index contributed by atoms with van der Waals surface area (Å²) >= 11 is 5.92. The Morgan fingerprint density at radius 3 is 2.32 bits per heavy atom. The Hall–Kier alpha value is -3.11. The third-order valence-electron chi connectivity index (χ3n) is 3.74. The van der Waals surface area contributed by atoms with Crippen LogP contribution in [0.4, 0.5) is 0 Å². The molecule has 25 heavy (non-hydrogen) atoms. The molecule has 4 nitrogen and oxygen atoms in total. The minimum Gasteiger partial charge on any atom is -0.507 e. The zero-order chi connectivity index (χ0) is 17.2. The van der Waals surface area contributed by atoms with E-state index in [1.54, 1.807) is 42.5 Å². The molecule has 3 aromatic carbocycles. The topological polar surface area (TPSA) is 55.2 Å². The Balaban J connectivity index is 1.87. The number of benzene rings is 3. The molecule has 0 bridgehead atoms. The number of phenols is 1. The molecule has 0 amide bonds. The molecule has 0 fully saturated rings. The summed E-state index contributed by atoms with van der Waals surface area (Å²) in [6.07, 6.45) is 0. The first-order valence-corrected chi connectivity index (χ1v) is 8.07. The first-order chi connectivity index (χ1) is 12.2. The number of halogens is 1. The van der Waals surface area contributed by atoms with Crippen molar-refractivity contribution in [2.24, 2.45) is 0 Å². The highest BCUT2D eigenvalue weighted by Crippen LogP contribution is 2.33. The molecule has 0 radical (unpaired) electrons. The van der Waals surface area contributed by atoms with Crippen molar-refractivity contribution in [3.63, 3.8) is 0 Å². The molecule has 0 saturated carbocycles. The average Bonchev–Trinajstić information content (AvgIpc) is 2.64. The summed E-state index contributed by atoms with van der Waals surface area (Å²) in [5, 5.41) is 11.5. The van der Waals surface area contributed by atoms with E-state index in [0.29, 0.717) is 28.0 Å². The van der Waals surface area contributed by atoms with Crippen LogP contribution < -0.4 is 4.74 Å². The predicted octanol–water partition coefficient (Wildman–Crippen LogP) is 5.45. The largest absolute Gasteiger partial charge is 0.507 e. The Morgan fingerprint density at radius 1 is 0.800 bits per heavy atom. The number of nitrogens with zero attached hydrogens (tertiary/aromatic N) is 2. The van der Waals surface area contributed by atoms with E-state index >= 15 is 0 Å². The van der Waals surface area contributed by atoms with Crippen LogP contribution in [0.15, 0.2) is 72.8 Å². The van der Waals surface area contributed by atoms with Crippen molar-refractivity contribution in [3.8, 4) is 28.8 Å². The maximum Gasteiger partial charge on any atom is 0.230 e. The zero-order valence-electron chi connectivity index (χ0n) is 13.1. The van der Waals surface area contributed by atoms with Crippen molar-refractivity contribution in [1.82, 2.24) is 9.97 Å². The van der Waals surface area contributed by atoms with E-state index in [-0.39, 0.29) is 5.75 Å². The van der Waals surface area contributed by atoms with Crippen LogP contribution in [0.2, 0.25) is 5.02 Å². The summed E-state index contributed by atoms with van der Waals surface area (Å²) in [6, 6.07) is 21.6. The van der Waals surface area contributed by atoms with Crippen molar-refractivity contribution in [1.29, 1.82) is 0 Å². The molecule has 1 N–H and O–H groups in total. The fourth-order valence-corrected chi connectivity index (χ4v) is 2.65. The van der Waals surface area contributed by atoms with Gasteiger partial charge in [-0.15, -0.1) is 0 Å². The molecular weight excluding hydrogens is 336 g/mol. The minimum absolute atomic E-state index is 0.121. The van der Waals surface area contributed by atoms with Crippen LogP contribution in [0.25, 0.3) is 22.3 Å². The third-order valence-corrected chi connectivity index (χ3v) is 3.99.